The van der Waals surface area contributed by atoms with E-state index in [9.17, 15) is 9.59 Å². The molecule has 0 aliphatic heterocycles. The summed E-state index contributed by atoms with van der Waals surface area (Å²) in [6.45, 7) is 3.46. The highest BCUT2D eigenvalue weighted by molar-refractivity contribution is 6.31. The third-order valence-corrected chi connectivity index (χ3v) is 3.24. The van der Waals surface area contributed by atoms with Crippen molar-refractivity contribution >= 4 is 29.2 Å². The molecule has 0 spiro atoms. The number of nitrogens with zero attached hydrogens (tertiary/aromatic N) is 1. The zero-order valence-corrected chi connectivity index (χ0v) is 12.2. The van der Waals surface area contributed by atoms with Crippen LogP contribution in [0, 0.1) is 13.8 Å². The molecule has 0 atom stereocenters. The van der Waals surface area contributed by atoms with Gasteiger partial charge in [0.05, 0.1) is 23.4 Å². The van der Waals surface area contributed by atoms with Gasteiger partial charge in [0.2, 0.25) is 5.91 Å². The molecule has 2 aromatic rings. The quantitative estimate of drug-likeness (QED) is 0.906. The number of rotatable bonds is 4. The van der Waals surface area contributed by atoms with Gasteiger partial charge >= 0.3 is 5.97 Å². The van der Waals surface area contributed by atoms with Gasteiger partial charge in [0.1, 0.15) is 5.76 Å². The predicted octanol–water partition coefficient (Wildman–Crippen LogP) is 2.82. The number of carboxylic acids is 1. The second kappa shape index (κ2) is 5.97. The summed E-state index contributed by atoms with van der Waals surface area (Å²) in [5.74, 6) is -0.948. The fourth-order valence-electron chi connectivity index (χ4n) is 1.91. The second-order valence-electron chi connectivity index (χ2n) is 4.52. The average molecular weight is 309 g/mol. The topological polar surface area (TPSA) is 92.4 Å². The number of hydrogen-bond acceptors (Lipinski definition) is 4. The zero-order valence-electron chi connectivity index (χ0n) is 11.4. The molecule has 0 fully saturated rings. The van der Waals surface area contributed by atoms with Crippen molar-refractivity contribution in [1.29, 1.82) is 0 Å². The summed E-state index contributed by atoms with van der Waals surface area (Å²) in [6, 6.07) is 4.26. The summed E-state index contributed by atoms with van der Waals surface area (Å²) in [4.78, 5) is 23.2. The van der Waals surface area contributed by atoms with E-state index in [0.29, 0.717) is 17.0 Å². The predicted molar refractivity (Wildman–Crippen MR) is 76.7 cm³/mol. The lowest BCUT2D eigenvalue weighted by molar-refractivity contribution is -0.115. The van der Waals surface area contributed by atoms with Crippen LogP contribution in [0.5, 0.6) is 0 Å². The molecule has 0 saturated heterocycles. The average Bonchev–Trinajstić information content (AvgIpc) is 2.72. The van der Waals surface area contributed by atoms with Crippen molar-refractivity contribution in [2.24, 2.45) is 0 Å². The van der Waals surface area contributed by atoms with Crippen molar-refractivity contribution in [2.75, 3.05) is 5.32 Å². The Labute approximate surface area is 125 Å². The Bertz CT molecular complexity index is 689. The van der Waals surface area contributed by atoms with Gasteiger partial charge in [0.25, 0.3) is 0 Å². The summed E-state index contributed by atoms with van der Waals surface area (Å²) in [5, 5.41) is 15.7. The zero-order chi connectivity index (χ0) is 15.6. The molecule has 2 rings (SSSR count). The van der Waals surface area contributed by atoms with E-state index < -0.39 is 5.97 Å². The van der Waals surface area contributed by atoms with Crippen molar-refractivity contribution in [3.63, 3.8) is 0 Å². The first-order chi connectivity index (χ1) is 9.88. The fraction of sp³-hybridized carbons (Fsp3) is 0.214. The van der Waals surface area contributed by atoms with Crippen LogP contribution < -0.4 is 5.32 Å². The van der Waals surface area contributed by atoms with Crippen molar-refractivity contribution in [2.45, 2.75) is 20.3 Å². The van der Waals surface area contributed by atoms with Crippen LogP contribution in [-0.2, 0) is 11.2 Å². The molecular weight excluding hydrogens is 296 g/mol. The van der Waals surface area contributed by atoms with E-state index in [1.807, 2.05) is 0 Å². The highest BCUT2D eigenvalue weighted by atomic mass is 35.5. The molecule has 6 nitrogen and oxygen atoms in total. The monoisotopic (exact) mass is 308 g/mol. The third kappa shape index (κ3) is 3.41. The molecule has 21 heavy (non-hydrogen) atoms. The second-order valence-corrected chi connectivity index (χ2v) is 4.96. The van der Waals surface area contributed by atoms with Crippen LogP contribution in [0.1, 0.15) is 27.4 Å². The number of halogens is 1. The molecule has 2 N–H and O–H groups in total. The summed E-state index contributed by atoms with van der Waals surface area (Å²) in [7, 11) is 0. The van der Waals surface area contributed by atoms with Crippen LogP contribution in [0.4, 0.5) is 5.69 Å². The third-order valence-electron chi connectivity index (χ3n) is 3.00. The summed E-state index contributed by atoms with van der Waals surface area (Å²) in [6.07, 6.45) is 0.0584. The number of anilines is 1. The number of carbonyl (C=O) groups excluding carboxylic acids is 1. The molecule has 0 saturated carbocycles. The van der Waals surface area contributed by atoms with Gasteiger partial charge in [-0.25, -0.2) is 4.79 Å². The van der Waals surface area contributed by atoms with Gasteiger partial charge in [-0.05, 0) is 32.0 Å². The van der Waals surface area contributed by atoms with Gasteiger partial charge in [-0.1, -0.05) is 16.8 Å². The molecule has 1 amide bonds. The van der Waals surface area contributed by atoms with Crippen molar-refractivity contribution < 1.29 is 19.2 Å². The lowest BCUT2D eigenvalue weighted by atomic mass is 10.1. The SMILES string of the molecule is Cc1noc(C)c1CC(=O)Nc1ccc(Cl)cc1C(=O)O. The molecule has 0 bridgehead atoms. The highest BCUT2D eigenvalue weighted by Crippen LogP contribution is 2.21. The van der Waals surface area contributed by atoms with Crippen LogP contribution in [-0.4, -0.2) is 22.1 Å². The molecule has 110 valence electrons. The summed E-state index contributed by atoms with van der Waals surface area (Å²) < 4.78 is 4.98. The number of amides is 1. The number of carboxylic acid groups (broad SMARTS) is 1. The van der Waals surface area contributed by atoms with Gasteiger partial charge in [-0.3, -0.25) is 4.79 Å². The van der Waals surface area contributed by atoms with Gasteiger partial charge < -0.3 is 14.9 Å². The number of aryl methyl sites for hydroxylation is 2. The fourth-order valence-corrected chi connectivity index (χ4v) is 2.08. The van der Waals surface area contributed by atoms with Crippen LogP contribution in [0.3, 0.4) is 0 Å². The minimum Gasteiger partial charge on any atom is -0.478 e. The summed E-state index contributed by atoms with van der Waals surface area (Å²) >= 11 is 5.76. The molecular formula is C14H13ClN2O4. The van der Waals surface area contributed by atoms with Gasteiger partial charge in [-0.15, -0.1) is 0 Å². The largest absolute Gasteiger partial charge is 0.478 e. The Morgan fingerprint density at radius 2 is 2.10 bits per heavy atom. The smallest absolute Gasteiger partial charge is 0.337 e. The Balaban J connectivity index is 2.19. The van der Waals surface area contributed by atoms with E-state index in [2.05, 4.69) is 10.5 Å². The number of hydrogen-bond donors (Lipinski definition) is 2. The Kier molecular flexibility index (Phi) is 4.28. The minimum atomic E-state index is -1.16. The molecule has 0 aliphatic rings. The summed E-state index contributed by atoms with van der Waals surface area (Å²) in [5.41, 5.74) is 1.47. The molecule has 1 aromatic carbocycles. The first-order valence-electron chi connectivity index (χ1n) is 6.13. The van der Waals surface area contributed by atoms with Crippen LogP contribution in [0.25, 0.3) is 0 Å². The molecule has 1 heterocycles. The van der Waals surface area contributed by atoms with E-state index in [1.54, 1.807) is 13.8 Å². The van der Waals surface area contributed by atoms with Gasteiger partial charge in [-0.2, -0.15) is 0 Å². The van der Waals surface area contributed by atoms with Gasteiger partial charge in [0, 0.05) is 10.6 Å². The van der Waals surface area contributed by atoms with Crippen molar-refractivity contribution in [3.8, 4) is 0 Å². The maximum Gasteiger partial charge on any atom is 0.337 e. The molecule has 0 unspecified atom stereocenters. The van der Waals surface area contributed by atoms with Crippen molar-refractivity contribution in [3.05, 3.63) is 45.8 Å². The number of nitrogens with one attached hydrogen (secondary N) is 1. The molecule has 0 aliphatic carbocycles. The van der Waals surface area contributed by atoms with E-state index in [0.717, 1.165) is 0 Å². The number of benzene rings is 1. The Morgan fingerprint density at radius 3 is 2.67 bits per heavy atom. The van der Waals surface area contributed by atoms with E-state index in [-0.39, 0.29) is 28.6 Å². The van der Waals surface area contributed by atoms with E-state index >= 15 is 0 Å². The lowest BCUT2D eigenvalue weighted by Crippen LogP contribution is -2.17. The lowest BCUT2D eigenvalue weighted by Gasteiger charge is -2.08. The number of aromatic nitrogens is 1. The highest BCUT2D eigenvalue weighted by Gasteiger charge is 2.16. The normalized spacial score (nSPS) is 10.4. The maximum absolute atomic E-state index is 12.0. The number of aromatic carboxylic acids is 1. The first kappa shape index (κ1) is 15.1. The van der Waals surface area contributed by atoms with E-state index in [1.165, 1.54) is 18.2 Å². The maximum atomic E-state index is 12.0. The standard InChI is InChI=1S/C14H13ClN2O4/c1-7-10(8(2)21-17-7)6-13(18)16-12-4-3-9(15)5-11(12)14(19)20/h3-5H,6H2,1-2H3,(H,16,18)(H,19,20). The molecule has 1 aromatic heterocycles. The molecule has 0 radical (unpaired) electrons. The van der Waals surface area contributed by atoms with Crippen molar-refractivity contribution in [1.82, 2.24) is 5.16 Å². The van der Waals surface area contributed by atoms with Crippen LogP contribution >= 0.6 is 11.6 Å². The number of carbonyl (C=O) groups is 2. The molecule has 7 heteroatoms. The minimum absolute atomic E-state index is 0.0584. The van der Waals surface area contributed by atoms with Crippen LogP contribution in [0.15, 0.2) is 22.7 Å². The van der Waals surface area contributed by atoms with Gasteiger partial charge in [0.15, 0.2) is 0 Å². The first-order valence-corrected chi connectivity index (χ1v) is 6.50. The Hall–Kier alpha value is -2.34. The van der Waals surface area contributed by atoms with E-state index in [4.69, 9.17) is 21.2 Å². The Morgan fingerprint density at radius 1 is 1.38 bits per heavy atom. The van der Waals surface area contributed by atoms with Crippen LogP contribution in [0.2, 0.25) is 5.02 Å².